The van der Waals surface area contributed by atoms with Gasteiger partial charge in [-0.2, -0.15) is 0 Å². The van der Waals surface area contributed by atoms with Gasteiger partial charge in [-0.05, 0) is 47.5 Å². The highest BCUT2D eigenvalue weighted by Crippen LogP contribution is 2.35. The minimum Gasteiger partial charge on any atom is -0.497 e. The summed E-state index contributed by atoms with van der Waals surface area (Å²) < 4.78 is 18.4. The van der Waals surface area contributed by atoms with Crippen LogP contribution in [0.2, 0.25) is 5.02 Å². The summed E-state index contributed by atoms with van der Waals surface area (Å²) >= 11 is 6.24. The maximum absolute atomic E-state index is 13.2. The lowest BCUT2D eigenvalue weighted by molar-refractivity contribution is -0.125. The van der Waals surface area contributed by atoms with Crippen molar-refractivity contribution in [2.45, 2.75) is 12.5 Å². The summed E-state index contributed by atoms with van der Waals surface area (Å²) in [4.78, 5) is 28.0. The van der Waals surface area contributed by atoms with E-state index in [1.807, 2.05) is 24.3 Å². The van der Waals surface area contributed by atoms with Crippen LogP contribution >= 0.6 is 11.6 Å². The number of likely N-dealkylation sites (tertiary alicyclic amines) is 1. The number of nitrogens with one attached hydrogen (secondary N) is 1. The number of benzene rings is 3. The van der Waals surface area contributed by atoms with Crippen molar-refractivity contribution in [3.05, 3.63) is 100 Å². The summed E-state index contributed by atoms with van der Waals surface area (Å²) in [6.45, 7) is 0.949. The Labute approximate surface area is 197 Å². The summed E-state index contributed by atoms with van der Waals surface area (Å²) in [6, 6.07) is 20.5. The molecule has 170 valence electrons. The van der Waals surface area contributed by atoms with E-state index in [1.54, 1.807) is 48.4 Å². The summed E-state index contributed by atoms with van der Waals surface area (Å²) in [5, 5.41) is 3.33. The predicted octanol–water partition coefficient (Wildman–Crippen LogP) is 4.66. The van der Waals surface area contributed by atoms with Crippen LogP contribution in [0.5, 0.6) is 5.75 Å². The highest BCUT2D eigenvalue weighted by atomic mass is 35.5. The average molecular weight is 467 g/mol. The van der Waals surface area contributed by atoms with E-state index in [9.17, 15) is 14.0 Å². The molecule has 1 fully saturated rings. The van der Waals surface area contributed by atoms with Gasteiger partial charge in [0.1, 0.15) is 11.6 Å². The Morgan fingerprint density at radius 2 is 1.73 bits per heavy atom. The normalized spacial score (nSPS) is 17.6. The van der Waals surface area contributed by atoms with Gasteiger partial charge >= 0.3 is 0 Å². The molecule has 33 heavy (non-hydrogen) atoms. The summed E-state index contributed by atoms with van der Waals surface area (Å²) in [7, 11) is 1.60. The number of amides is 2. The first-order valence-corrected chi connectivity index (χ1v) is 11.0. The van der Waals surface area contributed by atoms with Crippen LogP contribution in [0.25, 0.3) is 0 Å². The Hall–Kier alpha value is -3.38. The van der Waals surface area contributed by atoms with E-state index >= 15 is 0 Å². The maximum atomic E-state index is 13.2. The third kappa shape index (κ3) is 5.17. The third-order valence-electron chi connectivity index (χ3n) is 5.97. The lowest BCUT2D eigenvalue weighted by atomic mass is 9.88. The largest absolute Gasteiger partial charge is 0.497 e. The molecule has 0 bridgehead atoms. The van der Waals surface area contributed by atoms with Gasteiger partial charge in [-0.25, -0.2) is 4.39 Å². The topological polar surface area (TPSA) is 58.6 Å². The molecule has 2 unspecified atom stereocenters. The Balaban J connectivity index is 1.55. The molecule has 1 heterocycles. The molecule has 7 heteroatoms. The molecule has 3 aromatic carbocycles. The lowest BCUT2D eigenvalue weighted by Crippen LogP contribution is -2.35. The molecular formula is C26H24ClFN2O3. The number of rotatable bonds is 6. The molecule has 0 saturated carbocycles. The van der Waals surface area contributed by atoms with Gasteiger partial charge in [0.25, 0.3) is 5.91 Å². The zero-order chi connectivity index (χ0) is 23.4. The molecule has 2 amide bonds. The van der Waals surface area contributed by atoms with Gasteiger partial charge in [-0.15, -0.1) is 0 Å². The van der Waals surface area contributed by atoms with Crippen LogP contribution in [0.15, 0.2) is 72.8 Å². The number of hydrogen-bond acceptors (Lipinski definition) is 3. The van der Waals surface area contributed by atoms with Crippen molar-refractivity contribution >= 4 is 23.4 Å². The van der Waals surface area contributed by atoms with E-state index in [1.165, 1.54) is 12.1 Å². The van der Waals surface area contributed by atoms with E-state index in [-0.39, 0.29) is 36.6 Å². The van der Waals surface area contributed by atoms with E-state index in [4.69, 9.17) is 16.3 Å². The van der Waals surface area contributed by atoms with Crippen LogP contribution in [0, 0.1) is 11.7 Å². The van der Waals surface area contributed by atoms with Crippen molar-refractivity contribution in [1.82, 2.24) is 10.2 Å². The molecule has 0 spiro atoms. The second-order valence-corrected chi connectivity index (χ2v) is 8.43. The molecule has 3 aromatic rings. The summed E-state index contributed by atoms with van der Waals surface area (Å²) in [5.41, 5.74) is 2.17. The standard InChI is InChI=1S/C26H24ClFN2O3/c1-33-20-12-8-18(9-13-20)22-15-30(26(32)21-4-2-3-5-24(21)27)16-23(22)25(31)29-14-17-6-10-19(28)11-7-17/h2-13,22-23H,14-16H2,1H3,(H,29,31). The Morgan fingerprint density at radius 3 is 2.39 bits per heavy atom. The monoisotopic (exact) mass is 466 g/mol. The first kappa shape index (κ1) is 22.8. The molecule has 0 aromatic heterocycles. The number of carbonyl (C=O) groups is 2. The zero-order valence-electron chi connectivity index (χ0n) is 18.1. The highest BCUT2D eigenvalue weighted by molar-refractivity contribution is 6.33. The van der Waals surface area contributed by atoms with Gasteiger partial charge in [0.15, 0.2) is 0 Å². The van der Waals surface area contributed by atoms with Crippen LogP contribution in [-0.4, -0.2) is 36.9 Å². The average Bonchev–Trinajstić information content (AvgIpc) is 3.29. The Kier molecular flexibility index (Phi) is 6.94. The summed E-state index contributed by atoms with van der Waals surface area (Å²) in [5.74, 6) is -0.587. The van der Waals surface area contributed by atoms with Crippen molar-refractivity contribution < 1.29 is 18.7 Å². The van der Waals surface area contributed by atoms with Crippen LogP contribution in [-0.2, 0) is 11.3 Å². The first-order valence-electron chi connectivity index (χ1n) is 10.7. The van der Waals surface area contributed by atoms with Crippen molar-refractivity contribution in [3.63, 3.8) is 0 Å². The van der Waals surface area contributed by atoms with Crippen molar-refractivity contribution in [3.8, 4) is 5.75 Å². The van der Waals surface area contributed by atoms with Gasteiger partial charge in [0, 0.05) is 25.6 Å². The molecular weight excluding hydrogens is 443 g/mol. The molecule has 1 saturated heterocycles. The van der Waals surface area contributed by atoms with E-state index in [0.29, 0.717) is 17.1 Å². The molecule has 1 aliphatic rings. The second-order valence-electron chi connectivity index (χ2n) is 8.02. The van der Waals surface area contributed by atoms with E-state index < -0.39 is 5.92 Å². The number of carbonyl (C=O) groups excluding carboxylic acids is 2. The van der Waals surface area contributed by atoms with Crippen molar-refractivity contribution in [2.75, 3.05) is 20.2 Å². The fourth-order valence-corrected chi connectivity index (χ4v) is 4.37. The molecule has 5 nitrogen and oxygen atoms in total. The first-order chi connectivity index (χ1) is 16.0. The number of hydrogen-bond donors (Lipinski definition) is 1. The van der Waals surface area contributed by atoms with Crippen molar-refractivity contribution in [2.24, 2.45) is 5.92 Å². The highest BCUT2D eigenvalue weighted by Gasteiger charge is 2.40. The van der Waals surface area contributed by atoms with Gasteiger partial charge in [0.05, 0.1) is 23.6 Å². The number of ether oxygens (including phenoxy) is 1. The molecule has 0 radical (unpaired) electrons. The quantitative estimate of drug-likeness (QED) is 0.574. The molecule has 0 aliphatic carbocycles. The minimum absolute atomic E-state index is 0.158. The van der Waals surface area contributed by atoms with Gasteiger partial charge in [-0.1, -0.05) is 48.0 Å². The smallest absolute Gasteiger partial charge is 0.255 e. The predicted molar refractivity (Wildman–Crippen MR) is 125 cm³/mol. The lowest BCUT2D eigenvalue weighted by Gasteiger charge is -2.18. The molecule has 4 rings (SSSR count). The minimum atomic E-state index is -0.440. The summed E-state index contributed by atoms with van der Waals surface area (Å²) in [6.07, 6.45) is 0. The fourth-order valence-electron chi connectivity index (χ4n) is 4.15. The van der Waals surface area contributed by atoms with Crippen LogP contribution in [0.4, 0.5) is 4.39 Å². The van der Waals surface area contributed by atoms with Crippen LogP contribution in [0.1, 0.15) is 27.4 Å². The van der Waals surface area contributed by atoms with Crippen LogP contribution < -0.4 is 10.1 Å². The van der Waals surface area contributed by atoms with Crippen molar-refractivity contribution in [1.29, 1.82) is 0 Å². The maximum Gasteiger partial charge on any atom is 0.255 e. The zero-order valence-corrected chi connectivity index (χ0v) is 18.9. The van der Waals surface area contributed by atoms with E-state index in [2.05, 4.69) is 5.32 Å². The second kappa shape index (κ2) is 10.0. The SMILES string of the molecule is COc1ccc(C2CN(C(=O)c3ccccc3Cl)CC2C(=O)NCc2ccc(F)cc2)cc1. The molecule has 2 atom stereocenters. The number of halogens is 2. The van der Waals surface area contributed by atoms with Crippen LogP contribution in [0.3, 0.4) is 0 Å². The molecule has 1 aliphatic heterocycles. The number of nitrogens with zero attached hydrogens (tertiary/aromatic N) is 1. The Morgan fingerprint density at radius 1 is 1.03 bits per heavy atom. The van der Waals surface area contributed by atoms with Gasteiger partial charge < -0.3 is 15.0 Å². The van der Waals surface area contributed by atoms with Gasteiger partial charge in [-0.3, -0.25) is 9.59 Å². The van der Waals surface area contributed by atoms with Gasteiger partial charge in [0.2, 0.25) is 5.91 Å². The van der Waals surface area contributed by atoms with E-state index in [0.717, 1.165) is 16.9 Å². The fraction of sp³-hybridized carbons (Fsp3) is 0.231. The molecule has 1 N–H and O–H groups in total. The third-order valence-corrected chi connectivity index (χ3v) is 6.30. The Bertz CT molecular complexity index is 1140. The number of methoxy groups -OCH3 is 1.